The summed E-state index contributed by atoms with van der Waals surface area (Å²) in [5, 5.41) is 3.05. The summed E-state index contributed by atoms with van der Waals surface area (Å²) < 4.78 is 0. The van der Waals surface area contributed by atoms with Crippen molar-refractivity contribution in [1.82, 2.24) is 0 Å². The molecule has 0 spiro atoms. The molecule has 2 aromatic rings. The van der Waals surface area contributed by atoms with E-state index in [1.807, 2.05) is 49.5 Å². The Kier molecular flexibility index (Phi) is 2.68. The van der Waals surface area contributed by atoms with E-state index >= 15 is 0 Å². The Balaban J connectivity index is 2.53. The van der Waals surface area contributed by atoms with Crippen LogP contribution in [0.4, 0.5) is 17.1 Å². The fourth-order valence-electron chi connectivity index (χ4n) is 1.71. The molecular weight excluding hydrogens is 198 g/mol. The summed E-state index contributed by atoms with van der Waals surface area (Å²) in [6.45, 7) is 0. The van der Waals surface area contributed by atoms with Crippen LogP contribution in [0, 0.1) is 0 Å². The number of para-hydroxylation sites is 1. The number of anilines is 3. The molecule has 0 heterocycles. The minimum atomic E-state index is 0.727. The lowest BCUT2D eigenvalue weighted by Crippen LogP contribution is -1.96. The molecule has 0 unspecified atom stereocenters. The van der Waals surface area contributed by atoms with E-state index < -0.39 is 0 Å². The molecule has 0 fully saturated rings. The van der Waals surface area contributed by atoms with Gasteiger partial charge in [0.25, 0.3) is 0 Å². The Labute approximate surface area is 95.1 Å². The zero-order chi connectivity index (χ0) is 11.5. The third-order valence-corrected chi connectivity index (χ3v) is 2.59. The van der Waals surface area contributed by atoms with Gasteiger partial charge in [0, 0.05) is 35.2 Å². The molecule has 0 saturated heterocycles. The molecule has 0 aromatic heterocycles. The fourth-order valence-corrected chi connectivity index (χ4v) is 1.71. The smallest absolute Gasteiger partial charge is 0.0415 e. The average molecular weight is 213 g/mol. The number of hydrogen-bond donors (Lipinski definition) is 3. The highest BCUT2D eigenvalue weighted by molar-refractivity contribution is 5.85. The van der Waals surface area contributed by atoms with Crippen molar-refractivity contribution in [2.24, 2.45) is 0 Å². The number of benzene rings is 2. The topological polar surface area (TPSA) is 64.1 Å². The molecule has 82 valence electrons. The van der Waals surface area contributed by atoms with Gasteiger partial charge in [0.05, 0.1) is 0 Å². The first kappa shape index (κ1) is 10.4. The lowest BCUT2D eigenvalue weighted by atomic mass is 10.0. The van der Waals surface area contributed by atoms with Gasteiger partial charge in [-0.3, -0.25) is 0 Å². The van der Waals surface area contributed by atoms with Crippen LogP contribution in [-0.4, -0.2) is 7.05 Å². The fraction of sp³-hybridized carbons (Fsp3) is 0.0769. The summed E-state index contributed by atoms with van der Waals surface area (Å²) in [7, 11) is 1.87. The zero-order valence-electron chi connectivity index (χ0n) is 9.20. The van der Waals surface area contributed by atoms with Gasteiger partial charge in [-0.25, -0.2) is 0 Å². The van der Waals surface area contributed by atoms with Gasteiger partial charge in [-0.15, -0.1) is 0 Å². The third kappa shape index (κ3) is 1.80. The molecule has 2 aromatic carbocycles. The van der Waals surface area contributed by atoms with Crippen LogP contribution in [0.25, 0.3) is 11.1 Å². The maximum Gasteiger partial charge on any atom is 0.0415 e. The quantitative estimate of drug-likeness (QED) is 0.672. The van der Waals surface area contributed by atoms with Gasteiger partial charge in [0.15, 0.2) is 0 Å². The molecule has 3 nitrogen and oxygen atoms in total. The standard InChI is InChI=1S/C13H15N3/c1-16-9-6-7-11(13(15)8-9)10-4-2-3-5-12(10)14/h2-8,16H,14-15H2,1H3. The Bertz CT molecular complexity index is 506. The van der Waals surface area contributed by atoms with Crippen molar-refractivity contribution >= 4 is 17.1 Å². The largest absolute Gasteiger partial charge is 0.398 e. The van der Waals surface area contributed by atoms with Crippen LogP contribution in [0.1, 0.15) is 0 Å². The average Bonchev–Trinajstić information content (AvgIpc) is 2.30. The molecule has 0 bridgehead atoms. The molecule has 16 heavy (non-hydrogen) atoms. The SMILES string of the molecule is CNc1ccc(-c2ccccc2N)c(N)c1. The Hall–Kier alpha value is -2.16. The number of nitrogen functional groups attached to an aromatic ring is 2. The van der Waals surface area contributed by atoms with Gasteiger partial charge in [-0.2, -0.15) is 0 Å². The summed E-state index contributed by atoms with van der Waals surface area (Å²) in [4.78, 5) is 0. The molecule has 5 N–H and O–H groups in total. The molecule has 0 saturated carbocycles. The lowest BCUT2D eigenvalue weighted by molar-refractivity contribution is 1.51. The first-order chi connectivity index (χ1) is 7.72. The predicted octanol–water partition coefficient (Wildman–Crippen LogP) is 2.56. The monoisotopic (exact) mass is 213 g/mol. The van der Waals surface area contributed by atoms with Crippen molar-refractivity contribution in [3.63, 3.8) is 0 Å². The van der Waals surface area contributed by atoms with E-state index in [2.05, 4.69) is 5.32 Å². The Morgan fingerprint density at radius 2 is 1.56 bits per heavy atom. The van der Waals surface area contributed by atoms with E-state index in [1.165, 1.54) is 0 Å². The van der Waals surface area contributed by atoms with Crippen molar-refractivity contribution < 1.29 is 0 Å². The van der Waals surface area contributed by atoms with Crippen LogP contribution < -0.4 is 16.8 Å². The molecule has 0 aliphatic rings. The van der Waals surface area contributed by atoms with E-state index in [1.54, 1.807) is 0 Å². The summed E-state index contributed by atoms with van der Waals surface area (Å²) >= 11 is 0. The van der Waals surface area contributed by atoms with Gasteiger partial charge in [0.1, 0.15) is 0 Å². The van der Waals surface area contributed by atoms with E-state index in [0.717, 1.165) is 28.2 Å². The van der Waals surface area contributed by atoms with Crippen LogP contribution in [0.5, 0.6) is 0 Å². The summed E-state index contributed by atoms with van der Waals surface area (Å²) in [6.07, 6.45) is 0. The summed E-state index contributed by atoms with van der Waals surface area (Å²) in [5.41, 5.74) is 16.3. The Morgan fingerprint density at radius 1 is 0.875 bits per heavy atom. The molecule has 0 atom stereocenters. The zero-order valence-corrected chi connectivity index (χ0v) is 9.20. The highest BCUT2D eigenvalue weighted by Gasteiger charge is 2.05. The van der Waals surface area contributed by atoms with Crippen molar-refractivity contribution in [2.75, 3.05) is 23.8 Å². The van der Waals surface area contributed by atoms with Crippen LogP contribution in [-0.2, 0) is 0 Å². The van der Waals surface area contributed by atoms with Gasteiger partial charge >= 0.3 is 0 Å². The van der Waals surface area contributed by atoms with Crippen molar-refractivity contribution in [2.45, 2.75) is 0 Å². The minimum absolute atomic E-state index is 0.727. The first-order valence-corrected chi connectivity index (χ1v) is 5.14. The molecule has 0 aliphatic carbocycles. The molecule has 0 radical (unpaired) electrons. The number of nitrogens with two attached hydrogens (primary N) is 2. The van der Waals surface area contributed by atoms with Crippen molar-refractivity contribution in [3.05, 3.63) is 42.5 Å². The van der Waals surface area contributed by atoms with E-state index in [0.29, 0.717) is 0 Å². The summed E-state index contributed by atoms with van der Waals surface area (Å²) in [5.74, 6) is 0. The summed E-state index contributed by atoms with van der Waals surface area (Å²) in [6, 6.07) is 13.6. The molecule has 0 amide bonds. The second-order valence-corrected chi connectivity index (χ2v) is 3.64. The van der Waals surface area contributed by atoms with E-state index in [-0.39, 0.29) is 0 Å². The highest BCUT2D eigenvalue weighted by Crippen LogP contribution is 2.31. The van der Waals surface area contributed by atoms with Gasteiger partial charge in [0.2, 0.25) is 0 Å². The lowest BCUT2D eigenvalue weighted by Gasteiger charge is -2.10. The molecule has 3 heteroatoms. The second-order valence-electron chi connectivity index (χ2n) is 3.64. The molecular formula is C13H15N3. The van der Waals surface area contributed by atoms with Gasteiger partial charge in [-0.05, 0) is 18.2 Å². The normalized spacial score (nSPS) is 10.1. The van der Waals surface area contributed by atoms with Crippen LogP contribution in [0.3, 0.4) is 0 Å². The molecule has 0 aliphatic heterocycles. The van der Waals surface area contributed by atoms with Gasteiger partial charge < -0.3 is 16.8 Å². The maximum atomic E-state index is 6.00. The third-order valence-electron chi connectivity index (χ3n) is 2.59. The van der Waals surface area contributed by atoms with Crippen molar-refractivity contribution in [1.29, 1.82) is 0 Å². The second kappa shape index (κ2) is 4.14. The Morgan fingerprint density at radius 3 is 2.19 bits per heavy atom. The maximum absolute atomic E-state index is 6.00. The highest BCUT2D eigenvalue weighted by atomic mass is 14.8. The number of nitrogens with one attached hydrogen (secondary N) is 1. The van der Waals surface area contributed by atoms with Crippen molar-refractivity contribution in [3.8, 4) is 11.1 Å². The number of hydrogen-bond acceptors (Lipinski definition) is 3. The number of rotatable bonds is 2. The first-order valence-electron chi connectivity index (χ1n) is 5.14. The van der Waals surface area contributed by atoms with Crippen LogP contribution >= 0.6 is 0 Å². The minimum Gasteiger partial charge on any atom is -0.398 e. The van der Waals surface area contributed by atoms with Crippen LogP contribution in [0.2, 0.25) is 0 Å². The van der Waals surface area contributed by atoms with Crippen LogP contribution in [0.15, 0.2) is 42.5 Å². The van der Waals surface area contributed by atoms with Gasteiger partial charge in [-0.1, -0.05) is 24.3 Å². The van der Waals surface area contributed by atoms with E-state index in [9.17, 15) is 0 Å². The predicted molar refractivity (Wildman–Crippen MR) is 70.2 cm³/mol. The van der Waals surface area contributed by atoms with E-state index in [4.69, 9.17) is 11.5 Å². The molecule has 2 rings (SSSR count).